The molecule has 1 rings (SSSR count). The third-order valence-electron chi connectivity index (χ3n) is 4.06. The molecule has 0 aromatic heterocycles. The molecular formula is C12H24N2O4S. The number of hydrogen-bond donors (Lipinski definition) is 2. The Hall–Kier alpha value is -0.660. The van der Waals surface area contributed by atoms with E-state index in [1.165, 1.54) is 4.31 Å². The van der Waals surface area contributed by atoms with Gasteiger partial charge in [-0.1, -0.05) is 20.3 Å². The quantitative estimate of drug-likeness (QED) is 0.738. The van der Waals surface area contributed by atoms with Gasteiger partial charge in [0, 0.05) is 19.6 Å². The highest BCUT2D eigenvalue weighted by Gasteiger charge is 2.37. The summed E-state index contributed by atoms with van der Waals surface area (Å²) in [7, 11) is -3.55. The van der Waals surface area contributed by atoms with Crippen molar-refractivity contribution in [2.24, 2.45) is 5.41 Å². The lowest BCUT2D eigenvalue weighted by Crippen LogP contribution is -2.48. The van der Waals surface area contributed by atoms with Crippen molar-refractivity contribution in [1.29, 1.82) is 0 Å². The number of carboxylic acid groups (broad SMARTS) is 1. The van der Waals surface area contributed by atoms with Crippen molar-refractivity contribution >= 4 is 16.2 Å². The van der Waals surface area contributed by atoms with Crippen molar-refractivity contribution in [3.05, 3.63) is 0 Å². The molecule has 0 radical (unpaired) electrons. The van der Waals surface area contributed by atoms with Crippen LogP contribution in [0.5, 0.6) is 0 Å². The predicted molar refractivity (Wildman–Crippen MR) is 73.0 cm³/mol. The first-order valence-corrected chi connectivity index (χ1v) is 8.30. The lowest BCUT2D eigenvalue weighted by atomic mass is 9.83. The summed E-state index contributed by atoms with van der Waals surface area (Å²) in [5.74, 6) is -0.946. The minimum atomic E-state index is -3.55. The number of rotatable bonds is 7. The Morgan fingerprint density at radius 1 is 1.21 bits per heavy atom. The number of piperidine rings is 1. The van der Waals surface area contributed by atoms with E-state index in [-0.39, 0.29) is 6.54 Å². The van der Waals surface area contributed by atoms with Crippen LogP contribution in [0, 0.1) is 5.41 Å². The maximum atomic E-state index is 12.1. The van der Waals surface area contributed by atoms with Gasteiger partial charge in [-0.05, 0) is 25.7 Å². The topological polar surface area (TPSA) is 86.7 Å². The first-order chi connectivity index (χ1) is 8.88. The smallest absolute Gasteiger partial charge is 0.310 e. The van der Waals surface area contributed by atoms with Crippen LogP contribution in [0.4, 0.5) is 0 Å². The van der Waals surface area contributed by atoms with Crippen LogP contribution < -0.4 is 4.72 Å². The van der Waals surface area contributed by atoms with E-state index in [1.54, 1.807) is 13.8 Å². The summed E-state index contributed by atoms with van der Waals surface area (Å²) in [6, 6.07) is 0. The lowest BCUT2D eigenvalue weighted by Gasteiger charge is -2.30. The Labute approximate surface area is 115 Å². The van der Waals surface area contributed by atoms with E-state index in [9.17, 15) is 18.3 Å². The Morgan fingerprint density at radius 2 is 1.74 bits per heavy atom. The van der Waals surface area contributed by atoms with Crippen molar-refractivity contribution in [1.82, 2.24) is 9.03 Å². The van der Waals surface area contributed by atoms with E-state index >= 15 is 0 Å². The van der Waals surface area contributed by atoms with Crippen LogP contribution >= 0.6 is 0 Å². The highest BCUT2D eigenvalue weighted by atomic mass is 32.2. The van der Waals surface area contributed by atoms with Crippen LogP contribution in [-0.2, 0) is 15.0 Å². The minimum Gasteiger partial charge on any atom is -0.481 e. The third kappa shape index (κ3) is 3.90. The molecule has 0 saturated carbocycles. The number of aliphatic carboxylic acids is 1. The van der Waals surface area contributed by atoms with E-state index in [0.29, 0.717) is 25.9 Å². The highest BCUT2D eigenvalue weighted by molar-refractivity contribution is 7.87. The molecule has 1 aliphatic rings. The van der Waals surface area contributed by atoms with Gasteiger partial charge in [-0.3, -0.25) is 4.79 Å². The monoisotopic (exact) mass is 292 g/mol. The average molecular weight is 292 g/mol. The Morgan fingerprint density at radius 3 is 2.16 bits per heavy atom. The predicted octanol–water partition coefficient (Wildman–Crippen LogP) is 1.20. The van der Waals surface area contributed by atoms with Crippen LogP contribution in [0.25, 0.3) is 0 Å². The average Bonchev–Trinajstić information content (AvgIpc) is 2.41. The largest absolute Gasteiger partial charge is 0.481 e. The molecule has 0 aromatic carbocycles. The van der Waals surface area contributed by atoms with Crippen LogP contribution in [0.3, 0.4) is 0 Å². The molecule has 1 aliphatic heterocycles. The molecule has 0 aliphatic carbocycles. The zero-order valence-electron chi connectivity index (χ0n) is 11.7. The highest BCUT2D eigenvalue weighted by Crippen LogP contribution is 2.26. The second kappa shape index (κ2) is 6.67. The first-order valence-electron chi connectivity index (χ1n) is 6.86. The number of hydrogen-bond acceptors (Lipinski definition) is 3. The van der Waals surface area contributed by atoms with Crippen molar-refractivity contribution in [2.45, 2.75) is 46.0 Å². The van der Waals surface area contributed by atoms with Gasteiger partial charge in [-0.15, -0.1) is 0 Å². The normalized spacial score (nSPS) is 18.4. The minimum absolute atomic E-state index is 0.0475. The summed E-state index contributed by atoms with van der Waals surface area (Å²) in [4.78, 5) is 11.3. The van der Waals surface area contributed by atoms with E-state index in [0.717, 1.165) is 19.3 Å². The molecule has 7 heteroatoms. The van der Waals surface area contributed by atoms with Gasteiger partial charge in [0.05, 0.1) is 5.41 Å². The molecular weight excluding hydrogens is 268 g/mol. The van der Waals surface area contributed by atoms with Crippen LogP contribution in [0.2, 0.25) is 0 Å². The van der Waals surface area contributed by atoms with E-state index in [4.69, 9.17) is 0 Å². The summed E-state index contributed by atoms with van der Waals surface area (Å²) in [6.07, 6.45) is 3.59. The van der Waals surface area contributed by atoms with Crippen LogP contribution in [0.1, 0.15) is 46.0 Å². The van der Waals surface area contributed by atoms with E-state index in [2.05, 4.69) is 4.72 Å². The Bertz CT molecular complexity index is 398. The third-order valence-corrected chi connectivity index (χ3v) is 5.61. The molecule has 1 saturated heterocycles. The molecule has 0 aromatic rings. The summed E-state index contributed by atoms with van der Waals surface area (Å²) in [5.41, 5.74) is -1.01. The molecule has 0 atom stereocenters. The summed E-state index contributed by atoms with van der Waals surface area (Å²) < 4.78 is 28.1. The molecule has 19 heavy (non-hydrogen) atoms. The van der Waals surface area contributed by atoms with Gasteiger partial charge in [-0.2, -0.15) is 12.7 Å². The van der Waals surface area contributed by atoms with Crippen LogP contribution in [0.15, 0.2) is 0 Å². The van der Waals surface area contributed by atoms with Crippen molar-refractivity contribution < 1.29 is 18.3 Å². The zero-order valence-corrected chi connectivity index (χ0v) is 12.5. The standard InChI is InChI=1S/C12H24N2O4S/c1-3-12(4-2,11(15)16)10-13-19(17,18)14-8-6-5-7-9-14/h13H,3-10H2,1-2H3,(H,15,16). The fourth-order valence-corrected chi connectivity index (χ4v) is 3.68. The molecule has 6 nitrogen and oxygen atoms in total. The van der Waals surface area contributed by atoms with Gasteiger partial charge < -0.3 is 5.11 Å². The molecule has 0 unspecified atom stereocenters. The van der Waals surface area contributed by atoms with Crippen molar-refractivity contribution in [3.8, 4) is 0 Å². The molecule has 1 fully saturated rings. The second-order valence-corrected chi connectivity index (χ2v) is 6.83. The second-order valence-electron chi connectivity index (χ2n) is 5.08. The first kappa shape index (κ1) is 16.4. The molecule has 0 spiro atoms. The van der Waals surface area contributed by atoms with Gasteiger partial charge >= 0.3 is 5.97 Å². The van der Waals surface area contributed by atoms with E-state index in [1.807, 2.05) is 0 Å². The maximum Gasteiger partial charge on any atom is 0.310 e. The fourth-order valence-electron chi connectivity index (χ4n) is 2.30. The number of nitrogens with one attached hydrogen (secondary N) is 1. The van der Waals surface area contributed by atoms with Crippen molar-refractivity contribution in [3.63, 3.8) is 0 Å². The SMILES string of the molecule is CCC(CC)(CNS(=O)(=O)N1CCCCC1)C(=O)O. The van der Waals surface area contributed by atoms with Gasteiger partial charge in [0.2, 0.25) is 0 Å². The maximum absolute atomic E-state index is 12.1. The van der Waals surface area contributed by atoms with Gasteiger partial charge in [-0.25, -0.2) is 4.72 Å². The molecule has 0 bridgehead atoms. The summed E-state index contributed by atoms with van der Waals surface area (Å²) in [5, 5.41) is 9.28. The molecule has 112 valence electrons. The molecule has 1 heterocycles. The van der Waals surface area contributed by atoms with Gasteiger partial charge in [0.15, 0.2) is 0 Å². The van der Waals surface area contributed by atoms with Crippen molar-refractivity contribution in [2.75, 3.05) is 19.6 Å². The number of nitrogens with zero attached hydrogens (tertiary/aromatic N) is 1. The summed E-state index contributed by atoms with van der Waals surface area (Å²) >= 11 is 0. The van der Waals surface area contributed by atoms with Gasteiger partial charge in [0.25, 0.3) is 10.2 Å². The molecule has 0 amide bonds. The zero-order chi connectivity index (χ0) is 14.5. The fraction of sp³-hybridized carbons (Fsp3) is 0.917. The summed E-state index contributed by atoms with van der Waals surface area (Å²) in [6.45, 7) is 4.54. The Balaban J connectivity index is 2.70. The van der Waals surface area contributed by atoms with Crippen LogP contribution in [-0.4, -0.2) is 43.4 Å². The van der Waals surface area contributed by atoms with Gasteiger partial charge in [0.1, 0.15) is 0 Å². The molecule has 2 N–H and O–H groups in total. The number of carboxylic acids is 1. The Kier molecular flexibility index (Phi) is 5.76. The lowest BCUT2D eigenvalue weighted by molar-refractivity contribution is -0.149. The number of carbonyl (C=O) groups is 1. The van der Waals surface area contributed by atoms with E-state index < -0.39 is 21.6 Å².